The minimum absolute atomic E-state index is 0.0223. The zero-order valence-corrected chi connectivity index (χ0v) is 20.8. The van der Waals surface area contributed by atoms with Crippen LogP contribution in [0, 0.1) is 0 Å². The molecule has 10 heteroatoms. The summed E-state index contributed by atoms with van der Waals surface area (Å²) in [5.74, 6) is 0.270. The van der Waals surface area contributed by atoms with E-state index in [0.717, 1.165) is 11.9 Å². The highest BCUT2D eigenvalue weighted by atomic mass is 32.2. The average molecular weight is 504 g/mol. The summed E-state index contributed by atoms with van der Waals surface area (Å²) in [6, 6.07) is 14.2. The van der Waals surface area contributed by atoms with Gasteiger partial charge in [-0.15, -0.1) is 0 Å². The summed E-state index contributed by atoms with van der Waals surface area (Å²) >= 11 is 1.37. The first-order valence-corrected chi connectivity index (χ1v) is 13.8. The monoisotopic (exact) mass is 503 g/mol. The Morgan fingerprint density at radius 2 is 1.91 bits per heavy atom. The molecule has 3 aromatic rings. The van der Waals surface area contributed by atoms with Crippen LogP contribution in [-0.4, -0.2) is 73.3 Å². The summed E-state index contributed by atoms with van der Waals surface area (Å²) in [7, 11) is -3.62. The van der Waals surface area contributed by atoms with Gasteiger partial charge in [-0.2, -0.15) is 4.31 Å². The number of carbonyl (C=O) groups is 1. The predicted molar refractivity (Wildman–Crippen MR) is 132 cm³/mol. The minimum atomic E-state index is -3.62. The number of carbonyl (C=O) groups excluding carboxylic acids is 1. The molecule has 1 aliphatic rings. The third-order valence-corrected chi connectivity index (χ3v) is 8.47. The van der Waals surface area contributed by atoms with Crippen LogP contribution in [0.15, 0.2) is 58.6 Å². The van der Waals surface area contributed by atoms with Crippen molar-refractivity contribution in [1.29, 1.82) is 0 Å². The van der Waals surface area contributed by atoms with Crippen molar-refractivity contribution in [3.8, 4) is 0 Å². The van der Waals surface area contributed by atoms with Crippen LogP contribution in [0.4, 0.5) is 0 Å². The van der Waals surface area contributed by atoms with Gasteiger partial charge in [0, 0.05) is 38.4 Å². The van der Waals surface area contributed by atoms with Crippen LogP contribution in [0.3, 0.4) is 0 Å². The molecule has 1 aromatic heterocycles. The second-order valence-electron chi connectivity index (χ2n) is 7.84. The van der Waals surface area contributed by atoms with Gasteiger partial charge in [-0.25, -0.2) is 13.4 Å². The fourth-order valence-corrected chi connectivity index (χ4v) is 6.18. The van der Waals surface area contributed by atoms with E-state index < -0.39 is 10.0 Å². The Kier molecular flexibility index (Phi) is 8.38. The number of ketones is 1. The molecule has 0 aliphatic carbocycles. The molecule has 0 bridgehead atoms. The van der Waals surface area contributed by atoms with E-state index in [0.29, 0.717) is 62.3 Å². The molecule has 1 aliphatic heterocycles. The van der Waals surface area contributed by atoms with E-state index in [2.05, 4.69) is 0 Å². The van der Waals surface area contributed by atoms with Crippen LogP contribution >= 0.6 is 11.8 Å². The molecule has 2 aromatic carbocycles. The fraction of sp³-hybridized carbons (Fsp3) is 0.417. The molecular formula is C24H29N3O5S2. The van der Waals surface area contributed by atoms with Crippen LogP contribution in [-0.2, 0) is 26.0 Å². The van der Waals surface area contributed by atoms with Gasteiger partial charge >= 0.3 is 0 Å². The number of aromatic nitrogens is 2. The number of hydrogen-bond donors (Lipinski definition) is 0. The Balaban J connectivity index is 1.60. The maximum absolute atomic E-state index is 13.1. The molecule has 1 fully saturated rings. The molecular weight excluding hydrogens is 474 g/mol. The van der Waals surface area contributed by atoms with Gasteiger partial charge in [-0.1, -0.05) is 42.1 Å². The van der Waals surface area contributed by atoms with Gasteiger partial charge in [0.25, 0.3) is 0 Å². The Bertz CT molecular complexity index is 1220. The predicted octanol–water partition coefficient (Wildman–Crippen LogP) is 3.46. The Labute approximate surface area is 204 Å². The molecule has 4 rings (SSSR count). The van der Waals surface area contributed by atoms with E-state index in [1.165, 1.54) is 16.1 Å². The van der Waals surface area contributed by atoms with Crippen molar-refractivity contribution >= 4 is 38.6 Å². The van der Waals surface area contributed by atoms with Crippen molar-refractivity contribution in [2.24, 2.45) is 0 Å². The molecule has 1 saturated heterocycles. The average Bonchev–Trinajstić information content (AvgIpc) is 3.22. The highest BCUT2D eigenvalue weighted by Crippen LogP contribution is 2.28. The van der Waals surface area contributed by atoms with Crippen molar-refractivity contribution in [3.63, 3.8) is 0 Å². The summed E-state index contributed by atoms with van der Waals surface area (Å²) < 4.78 is 40.5. The van der Waals surface area contributed by atoms with Crippen molar-refractivity contribution < 1.29 is 22.7 Å². The normalized spacial score (nSPS) is 15.1. The van der Waals surface area contributed by atoms with Crippen molar-refractivity contribution in [2.45, 2.75) is 29.9 Å². The molecule has 0 amide bonds. The maximum Gasteiger partial charge on any atom is 0.243 e. The molecule has 0 unspecified atom stereocenters. The number of aryl methyl sites for hydroxylation is 1. The minimum Gasteiger partial charge on any atom is -0.382 e. The molecule has 0 atom stereocenters. The number of ether oxygens (including phenoxy) is 2. The van der Waals surface area contributed by atoms with Crippen molar-refractivity contribution in [2.75, 3.05) is 45.3 Å². The number of fused-ring (bicyclic) bond motifs is 1. The highest BCUT2D eigenvalue weighted by Gasteiger charge is 2.27. The van der Waals surface area contributed by atoms with Gasteiger partial charge in [0.1, 0.15) is 0 Å². The molecule has 34 heavy (non-hydrogen) atoms. The summed E-state index contributed by atoms with van der Waals surface area (Å²) in [6.07, 6.45) is 0.785. The van der Waals surface area contributed by atoms with Crippen LogP contribution < -0.4 is 0 Å². The largest absolute Gasteiger partial charge is 0.382 e. The molecule has 2 heterocycles. The number of hydrogen-bond acceptors (Lipinski definition) is 7. The van der Waals surface area contributed by atoms with Gasteiger partial charge in [-0.05, 0) is 31.5 Å². The van der Waals surface area contributed by atoms with Crippen LogP contribution in [0.1, 0.15) is 23.7 Å². The summed E-state index contributed by atoms with van der Waals surface area (Å²) in [5.41, 5.74) is 2.10. The van der Waals surface area contributed by atoms with E-state index in [1.807, 2.05) is 29.7 Å². The van der Waals surface area contributed by atoms with Crippen LogP contribution in [0.2, 0.25) is 0 Å². The third kappa shape index (κ3) is 5.69. The highest BCUT2D eigenvalue weighted by molar-refractivity contribution is 7.99. The fourth-order valence-electron chi connectivity index (χ4n) is 3.82. The number of benzene rings is 2. The number of sulfonamides is 1. The van der Waals surface area contributed by atoms with Crippen LogP contribution in [0.5, 0.6) is 0 Å². The maximum atomic E-state index is 13.1. The van der Waals surface area contributed by atoms with E-state index in [1.54, 1.807) is 30.3 Å². The van der Waals surface area contributed by atoms with Gasteiger partial charge in [0.15, 0.2) is 10.9 Å². The second kappa shape index (κ2) is 11.5. The number of morpholine rings is 1. The Morgan fingerprint density at radius 1 is 1.15 bits per heavy atom. The SMILES string of the molecule is CCOCCCn1c(SCC(=O)c2ccccc2)nc2cc(S(=O)(=O)N3CCOCC3)ccc21. The van der Waals surface area contributed by atoms with E-state index in [4.69, 9.17) is 14.5 Å². The lowest BCUT2D eigenvalue weighted by Crippen LogP contribution is -2.40. The molecule has 182 valence electrons. The van der Waals surface area contributed by atoms with Crippen LogP contribution in [0.25, 0.3) is 11.0 Å². The molecule has 0 N–H and O–H groups in total. The number of nitrogens with zero attached hydrogens (tertiary/aromatic N) is 3. The standard InChI is InChI=1S/C24H29N3O5S2/c1-2-31-14-6-11-27-22-10-9-20(34(29,30)26-12-15-32-16-13-26)17-21(22)25-24(27)33-18-23(28)19-7-4-3-5-8-19/h3-5,7-10,17H,2,6,11-16,18H2,1H3. The number of imidazole rings is 1. The lowest BCUT2D eigenvalue weighted by molar-refractivity contribution is 0.0730. The number of Topliss-reactive ketones (excluding diaryl/α,β-unsaturated/α-hetero) is 1. The lowest BCUT2D eigenvalue weighted by Gasteiger charge is -2.26. The smallest absolute Gasteiger partial charge is 0.243 e. The molecule has 8 nitrogen and oxygen atoms in total. The zero-order chi connectivity index (χ0) is 24.0. The van der Waals surface area contributed by atoms with Gasteiger partial charge in [0.05, 0.1) is 34.9 Å². The quantitative estimate of drug-likeness (QED) is 0.225. The first-order valence-electron chi connectivity index (χ1n) is 11.4. The summed E-state index contributed by atoms with van der Waals surface area (Å²) in [4.78, 5) is 17.6. The second-order valence-corrected chi connectivity index (χ2v) is 10.7. The number of thioether (sulfide) groups is 1. The zero-order valence-electron chi connectivity index (χ0n) is 19.2. The molecule has 0 radical (unpaired) electrons. The third-order valence-electron chi connectivity index (χ3n) is 5.60. The van der Waals surface area contributed by atoms with E-state index in [-0.39, 0.29) is 16.4 Å². The van der Waals surface area contributed by atoms with E-state index >= 15 is 0 Å². The number of rotatable bonds is 11. The Morgan fingerprint density at radius 3 is 2.65 bits per heavy atom. The van der Waals surface area contributed by atoms with Crippen molar-refractivity contribution in [1.82, 2.24) is 13.9 Å². The Hall–Kier alpha value is -2.24. The first kappa shape index (κ1) is 24.9. The van der Waals surface area contributed by atoms with Gasteiger partial charge < -0.3 is 14.0 Å². The lowest BCUT2D eigenvalue weighted by atomic mass is 10.2. The first-order chi connectivity index (χ1) is 16.5. The van der Waals surface area contributed by atoms with Gasteiger partial charge in [0.2, 0.25) is 10.0 Å². The van der Waals surface area contributed by atoms with E-state index in [9.17, 15) is 13.2 Å². The summed E-state index contributed by atoms with van der Waals surface area (Å²) in [5, 5.41) is 0.691. The molecule has 0 spiro atoms. The van der Waals surface area contributed by atoms with Gasteiger partial charge in [-0.3, -0.25) is 4.79 Å². The van der Waals surface area contributed by atoms with Crippen molar-refractivity contribution in [3.05, 3.63) is 54.1 Å². The summed E-state index contributed by atoms with van der Waals surface area (Å²) in [6.45, 7) is 5.36. The molecule has 0 saturated carbocycles. The topological polar surface area (TPSA) is 90.7 Å².